The van der Waals surface area contributed by atoms with Crippen LogP contribution in [0.5, 0.6) is 11.5 Å². The Morgan fingerprint density at radius 2 is 2.20 bits per heavy atom. The van der Waals surface area contributed by atoms with Gasteiger partial charge in [0.15, 0.2) is 11.5 Å². The number of ether oxygens (including phenoxy) is 3. The van der Waals surface area contributed by atoms with E-state index in [9.17, 15) is 0 Å². The summed E-state index contributed by atoms with van der Waals surface area (Å²) in [7, 11) is 0. The average molecular weight is 209 g/mol. The highest BCUT2D eigenvalue weighted by atomic mass is 16.7. The van der Waals surface area contributed by atoms with Gasteiger partial charge in [-0.15, -0.1) is 0 Å². The highest BCUT2D eigenvalue weighted by Gasteiger charge is 2.17. The van der Waals surface area contributed by atoms with E-state index in [0.717, 1.165) is 17.1 Å². The normalized spacial score (nSPS) is 15.3. The molecule has 2 rings (SSSR count). The Morgan fingerprint density at radius 1 is 1.40 bits per heavy atom. The van der Waals surface area contributed by atoms with Crippen molar-refractivity contribution in [3.63, 3.8) is 0 Å². The van der Waals surface area contributed by atoms with E-state index in [1.54, 1.807) is 0 Å². The van der Waals surface area contributed by atoms with Crippen molar-refractivity contribution in [3.8, 4) is 11.5 Å². The van der Waals surface area contributed by atoms with Crippen LogP contribution < -0.4 is 15.2 Å². The maximum absolute atomic E-state index is 5.64. The quantitative estimate of drug-likeness (QED) is 0.815. The highest BCUT2D eigenvalue weighted by molar-refractivity contribution is 5.45. The summed E-state index contributed by atoms with van der Waals surface area (Å²) in [6.07, 6.45) is -0.0653. The van der Waals surface area contributed by atoms with E-state index in [1.807, 2.05) is 25.1 Å². The van der Waals surface area contributed by atoms with Gasteiger partial charge < -0.3 is 19.9 Å². The maximum Gasteiger partial charge on any atom is 0.231 e. The summed E-state index contributed by atoms with van der Waals surface area (Å²) in [6, 6.07) is 5.77. The zero-order valence-corrected chi connectivity index (χ0v) is 8.73. The van der Waals surface area contributed by atoms with Gasteiger partial charge in [0.05, 0.1) is 6.10 Å². The number of rotatable bonds is 4. The van der Waals surface area contributed by atoms with Crippen LogP contribution in [0.4, 0.5) is 0 Å². The molecule has 15 heavy (non-hydrogen) atoms. The molecule has 4 nitrogen and oxygen atoms in total. The molecule has 0 fully saturated rings. The van der Waals surface area contributed by atoms with Crippen LogP contribution in [0, 0.1) is 0 Å². The standard InChI is InChI=1S/C11H15NO3/c1-2-13-11(6-12)8-3-4-9-10(5-8)15-7-14-9/h3-5,11H,2,6-7,12H2,1H3/t11-/m1/s1. The smallest absolute Gasteiger partial charge is 0.231 e. The number of hydrogen-bond donors (Lipinski definition) is 1. The van der Waals surface area contributed by atoms with Gasteiger partial charge in [0, 0.05) is 13.2 Å². The highest BCUT2D eigenvalue weighted by Crippen LogP contribution is 2.34. The number of nitrogens with two attached hydrogens (primary N) is 1. The maximum atomic E-state index is 5.64. The third-order valence-electron chi connectivity index (χ3n) is 2.35. The molecule has 1 aliphatic rings. The third-order valence-corrected chi connectivity index (χ3v) is 2.35. The second-order valence-corrected chi connectivity index (χ2v) is 3.29. The van der Waals surface area contributed by atoms with Gasteiger partial charge in [0.1, 0.15) is 0 Å². The SMILES string of the molecule is CCO[C@H](CN)c1ccc2c(c1)OCO2. The van der Waals surface area contributed by atoms with Crippen molar-refractivity contribution < 1.29 is 14.2 Å². The molecule has 0 saturated carbocycles. The van der Waals surface area contributed by atoms with Crippen molar-refractivity contribution in [1.29, 1.82) is 0 Å². The minimum Gasteiger partial charge on any atom is -0.454 e. The first-order valence-corrected chi connectivity index (χ1v) is 5.06. The molecule has 2 N–H and O–H groups in total. The van der Waals surface area contributed by atoms with Gasteiger partial charge in [0.2, 0.25) is 6.79 Å². The van der Waals surface area contributed by atoms with E-state index in [4.69, 9.17) is 19.9 Å². The molecule has 0 unspecified atom stereocenters. The molecule has 1 atom stereocenters. The molecule has 4 heteroatoms. The molecule has 0 spiro atoms. The fourth-order valence-electron chi connectivity index (χ4n) is 1.61. The topological polar surface area (TPSA) is 53.7 Å². The fourth-order valence-corrected chi connectivity index (χ4v) is 1.61. The van der Waals surface area contributed by atoms with E-state index in [2.05, 4.69) is 0 Å². The second kappa shape index (κ2) is 4.51. The average Bonchev–Trinajstić information content (AvgIpc) is 2.72. The van der Waals surface area contributed by atoms with Crippen LogP contribution in [-0.2, 0) is 4.74 Å². The zero-order chi connectivity index (χ0) is 10.7. The molecule has 1 aromatic rings. The molecule has 0 radical (unpaired) electrons. The van der Waals surface area contributed by atoms with Crippen LogP contribution in [0.25, 0.3) is 0 Å². The second-order valence-electron chi connectivity index (χ2n) is 3.29. The Labute approximate surface area is 88.9 Å². The summed E-state index contributed by atoms with van der Waals surface area (Å²) in [4.78, 5) is 0. The minimum atomic E-state index is -0.0653. The first-order chi connectivity index (χ1) is 7.35. The Bertz CT molecular complexity index is 341. The molecule has 0 amide bonds. The lowest BCUT2D eigenvalue weighted by Gasteiger charge is -2.15. The zero-order valence-electron chi connectivity index (χ0n) is 8.73. The lowest BCUT2D eigenvalue weighted by atomic mass is 10.1. The van der Waals surface area contributed by atoms with Gasteiger partial charge in [-0.3, -0.25) is 0 Å². The van der Waals surface area contributed by atoms with Crippen molar-refractivity contribution >= 4 is 0 Å². The molecular weight excluding hydrogens is 194 g/mol. The Balaban J connectivity index is 2.20. The fraction of sp³-hybridized carbons (Fsp3) is 0.455. The third kappa shape index (κ3) is 2.06. The van der Waals surface area contributed by atoms with Gasteiger partial charge in [-0.05, 0) is 24.6 Å². The van der Waals surface area contributed by atoms with Crippen molar-refractivity contribution in [1.82, 2.24) is 0 Å². The molecule has 1 heterocycles. The van der Waals surface area contributed by atoms with Gasteiger partial charge >= 0.3 is 0 Å². The van der Waals surface area contributed by atoms with E-state index < -0.39 is 0 Å². The Kier molecular flexibility index (Phi) is 3.08. The summed E-state index contributed by atoms with van der Waals surface area (Å²) < 4.78 is 16.0. The van der Waals surface area contributed by atoms with E-state index in [-0.39, 0.29) is 6.10 Å². The van der Waals surface area contributed by atoms with E-state index >= 15 is 0 Å². The van der Waals surface area contributed by atoms with Crippen LogP contribution >= 0.6 is 0 Å². The summed E-state index contributed by atoms with van der Waals surface area (Å²) in [5.74, 6) is 1.55. The summed E-state index contributed by atoms with van der Waals surface area (Å²) in [5.41, 5.74) is 6.67. The number of hydrogen-bond acceptors (Lipinski definition) is 4. The largest absolute Gasteiger partial charge is 0.454 e. The molecule has 0 aliphatic carbocycles. The monoisotopic (exact) mass is 209 g/mol. The van der Waals surface area contributed by atoms with Crippen LogP contribution in [0.1, 0.15) is 18.6 Å². The van der Waals surface area contributed by atoms with Gasteiger partial charge in [-0.25, -0.2) is 0 Å². The molecule has 0 aromatic heterocycles. The van der Waals surface area contributed by atoms with E-state index in [0.29, 0.717) is 19.9 Å². The van der Waals surface area contributed by atoms with Crippen molar-refractivity contribution in [2.75, 3.05) is 19.9 Å². The molecule has 0 bridgehead atoms. The lowest BCUT2D eigenvalue weighted by Crippen LogP contribution is -2.15. The Hall–Kier alpha value is -1.26. The predicted octanol–water partition coefficient (Wildman–Crippen LogP) is 1.45. The molecule has 1 aliphatic heterocycles. The molecule has 1 aromatic carbocycles. The minimum absolute atomic E-state index is 0.0653. The van der Waals surface area contributed by atoms with Crippen LogP contribution in [0.15, 0.2) is 18.2 Å². The lowest BCUT2D eigenvalue weighted by molar-refractivity contribution is 0.0687. The summed E-state index contributed by atoms with van der Waals surface area (Å²) in [5, 5.41) is 0. The van der Waals surface area contributed by atoms with Gasteiger partial charge in [-0.2, -0.15) is 0 Å². The van der Waals surface area contributed by atoms with Gasteiger partial charge in [-0.1, -0.05) is 6.07 Å². The van der Waals surface area contributed by atoms with Gasteiger partial charge in [0.25, 0.3) is 0 Å². The Morgan fingerprint density at radius 3 is 2.93 bits per heavy atom. The number of benzene rings is 1. The summed E-state index contributed by atoms with van der Waals surface area (Å²) >= 11 is 0. The van der Waals surface area contributed by atoms with Crippen LogP contribution in [0.3, 0.4) is 0 Å². The van der Waals surface area contributed by atoms with Crippen molar-refractivity contribution in [2.24, 2.45) is 5.73 Å². The predicted molar refractivity (Wildman–Crippen MR) is 56.0 cm³/mol. The molecule has 82 valence electrons. The van der Waals surface area contributed by atoms with Crippen molar-refractivity contribution in [2.45, 2.75) is 13.0 Å². The van der Waals surface area contributed by atoms with Crippen LogP contribution in [-0.4, -0.2) is 19.9 Å². The van der Waals surface area contributed by atoms with E-state index in [1.165, 1.54) is 0 Å². The van der Waals surface area contributed by atoms with Crippen molar-refractivity contribution in [3.05, 3.63) is 23.8 Å². The molecule has 0 saturated heterocycles. The molecular formula is C11H15NO3. The summed E-state index contributed by atoms with van der Waals surface area (Å²) in [6.45, 7) is 3.36. The van der Waals surface area contributed by atoms with Crippen LogP contribution in [0.2, 0.25) is 0 Å². The first kappa shape index (κ1) is 10.3. The first-order valence-electron chi connectivity index (χ1n) is 5.06. The number of fused-ring (bicyclic) bond motifs is 1.